The van der Waals surface area contributed by atoms with Gasteiger partial charge < -0.3 is 0 Å². The van der Waals surface area contributed by atoms with Gasteiger partial charge in [0.05, 0.1) is 6.04 Å². The lowest BCUT2D eigenvalue weighted by Crippen LogP contribution is -2.49. The van der Waals surface area contributed by atoms with Crippen molar-refractivity contribution in [3.05, 3.63) is 65.7 Å². The van der Waals surface area contributed by atoms with Gasteiger partial charge in [0, 0.05) is 16.2 Å². The summed E-state index contributed by atoms with van der Waals surface area (Å²) in [5, 5.41) is 4.08. The molecule has 0 saturated heterocycles. The minimum Gasteiger partial charge on any atom is -0.300 e. The molecule has 1 aliphatic carbocycles. The van der Waals surface area contributed by atoms with Crippen molar-refractivity contribution < 1.29 is 0 Å². The normalized spacial score (nSPS) is 22.7. The van der Waals surface area contributed by atoms with Gasteiger partial charge >= 0.3 is 0 Å². The molecule has 3 heteroatoms. The summed E-state index contributed by atoms with van der Waals surface area (Å²) in [6.45, 7) is 0. The van der Waals surface area contributed by atoms with Crippen LogP contribution in [0.25, 0.3) is 0 Å². The van der Waals surface area contributed by atoms with Crippen molar-refractivity contribution >= 4 is 24.2 Å². The summed E-state index contributed by atoms with van der Waals surface area (Å²) in [4.78, 5) is 1.45. The van der Waals surface area contributed by atoms with Gasteiger partial charge in [-0.15, -0.1) is 24.2 Å². The first kappa shape index (κ1) is 16.9. The molecule has 1 heterocycles. The summed E-state index contributed by atoms with van der Waals surface area (Å²) in [5.74, 6) is 1.20. The fourth-order valence-corrected chi connectivity index (χ4v) is 5.25. The van der Waals surface area contributed by atoms with Crippen molar-refractivity contribution in [1.29, 1.82) is 0 Å². The van der Waals surface area contributed by atoms with E-state index in [1.54, 1.807) is 0 Å². The number of hydrogen-bond acceptors (Lipinski definition) is 2. The number of halogens is 1. The number of rotatable bonds is 1. The molecule has 2 aromatic carbocycles. The molecule has 23 heavy (non-hydrogen) atoms. The molecule has 1 atom stereocenters. The predicted molar refractivity (Wildman–Crippen MR) is 102 cm³/mol. The van der Waals surface area contributed by atoms with Crippen molar-refractivity contribution in [3.8, 4) is 0 Å². The molecule has 0 aromatic heterocycles. The van der Waals surface area contributed by atoms with E-state index < -0.39 is 0 Å². The highest BCUT2D eigenvalue weighted by atomic mass is 35.5. The van der Waals surface area contributed by atoms with Gasteiger partial charge in [-0.1, -0.05) is 67.8 Å². The lowest BCUT2D eigenvalue weighted by Gasteiger charge is -2.39. The molecule has 0 bridgehead atoms. The Hall–Kier alpha value is -0.960. The average molecular weight is 346 g/mol. The highest BCUT2D eigenvalue weighted by Crippen LogP contribution is 2.42. The van der Waals surface area contributed by atoms with Gasteiger partial charge in [0.15, 0.2) is 0 Å². The summed E-state index contributed by atoms with van der Waals surface area (Å²) in [6.07, 6.45) is 6.77. The first-order valence-electron chi connectivity index (χ1n) is 8.41. The van der Waals surface area contributed by atoms with E-state index in [2.05, 4.69) is 71.7 Å². The van der Waals surface area contributed by atoms with Crippen molar-refractivity contribution in [1.82, 2.24) is 5.32 Å². The fourth-order valence-electron chi connectivity index (χ4n) is 3.92. The van der Waals surface area contributed by atoms with Crippen LogP contribution >= 0.6 is 24.2 Å². The second-order valence-corrected chi connectivity index (χ2v) is 7.67. The Kier molecular flexibility index (Phi) is 5.35. The van der Waals surface area contributed by atoms with E-state index in [-0.39, 0.29) is 12.4 Å². The van der Waals surface area contributed by atoms with Crippen LogP contribution in [0.4, 0.5) is 0 Å². The molecule has 1 saturated carbocycles. The molecular formula is C20H24ClNS. The minimum absolute atomic E-state index is 0. The average Bonchev–Trinajstić information content (AvgIpc) is 2.75. The SMILES string of the molecule is Cl.c1ccc(C2NC3(CCCCC3)CSc3ccccc32)cc1. The van der Waals surface area contributed by atoms with Crippen LogP contribution in [0.15, 0.2) is 59.5 Å². The first-order chi connectivity index (χ1) is 10.9. The summed E-state index contributed by atoms with van der Waals surface area (Å²) >= 11 is 2.05. The highest BCUT2D eigenvalue weighted by Gasteiger charge is 2.37. The Morgan fingerprint density at radius 1 is 0.870 bits per heavy atom. The van der Waals surface area contributed by atoms with Gasteiger partial charge in [0.2, 0.25) is 0 Å². The monoisotopic (exact) mass is 345 g/mol. The Morgan fingerprint density at radius 3 is 2.35 bits per heavy atom. The minimum atomic E-state index is 0. The van der Waals surface area contributed by atoms with Crippen LogP contribution in [0.5, 0.6) is 0 Å². The summed E-state index contributed by atoms with van der Waals surface area (Å²) < 4.78 is 0. The third-order valence-corrected chi connectivity index (χ3v) is 6.51. The first-order valence-corrected chi connectivity index (χ1v) is 9.39. The number of nitrogens with one attached hydrogen (secondary N) is 1. The standard InChI is InChI=1S/C20H23NS.ClH/c1-3-9-16(10-4-1)19-17-11-5-6-12-18(17)22-15-20(21-19)13-7-2-8-14-20;/h1,3-6,9-12,19,21H,2,7-8,13-15H2;1H. The van der Waals surface area contributed by atoms with E-state index >= 15 is 0 Å². The van der Waals surface area contributed by atoms with Gasteiger partial charge in [-0.3, -0.25) is 5.32 Å². The smallest absolute Gasteiger partial charge is 0.0592 e. The van der Waals surface area contributed by atoms with E-state index in [0.717, 1.165) is 0 Å². The Bertz CT molecular complexity index is 637. The zero-order valence-corrected chi connectivity index (χ0v) is 15.0. The number of thioether (sulfide) groups is 1. The topological polar surface area (TPSA) is 12.0 Å². The molecule has 2 aliphatic rings. The van der Waals surface area contributed by atoms with Crippen molar-refractivity contribution in [2.75, 3.05) is 5.75 Å². The van der Waals surface area contributed by atoms with Crippen LogP contribution in [-0.4, -0.2) is 11.3 Å². The highest BCUT2D eigenvalue weighted by molar-refractivity contribution is 7.99. The molecule has 1 spiro atoms. The Balaban J connectivity index is 0.00000156. The molecule has 1 aliphatic heterocycles. The zero-order chi connectivity index (χ0) is 14.8. The molecule has 4 rings (SSSR count). The van der Waals surface area contributed by atoms with Gasteiger partial charge in [-0.2, -0.15) is 0 Å². The maximum Gasteiger partial charge on any atom is 0.0592 e. The Labute approximate surface area is 149 Å². The van der Waals surface area contributed by atoms with Crippen LogP contribution in [0.2, 0.25) is 0 Å². The molecule has 1 unspecified atom stereocenters. The summed E-state index contributed by atoms with van der Waals surface area (Å²) in [7, 11) is 0. The lowest BCUT2D eigenvalue weighted by atomic mass is 9.81. The fraction of sp³-hybridized carbons (Fsp3) is 0.400. The van der Waals surface area contributed by atoms with E-state index in [0.29, 0.717) is 11.6 Å². The van der Waals surface area contributed by atoms with Crippen LogP contribution < -0.4 is 5.32 Å². The molecule has 1 N–H and O–H groups in total. The predicted octanol–water partition coefficient (Wildman–Crippen LogP) is 5.60. The molecule has 0 radical (unpaired) electrons. The molecule has 0 amide bonds. The van der Waals surface area contributed by atoms with Gasteiger partial charge in [-0.05, 0) is 30.0 Å². The van der Waals surface area contributed by atoms with Crippen LogP contribution in [-0.2, 0) is 0 Å². The Morgan fingerprint density at radius 2 is 1.57 bits per heavy atom. The maximum atomic E-state index is 4.08. The van der Waals surface area contributed by atoms with E-state index in [4.69, 9.17) is 0 Å². The third-order valence-electron chi connectivity index (χ3n) is 5.13. The van der Waals surface area contributed by atoms with Crippen molar-refractivity contribution in [2.24, 2.45) is 0 Å². The second kappa shape index (κ2) is 7.29. The molecule has 2 aromatic rings. The van der Waals surface area contributed by atoms with E-state index in [1.807, 2.05) is 0 Å². The molecule has 122 valence electrons. The lowest BCUT2D eigenvalue weighted by molar-refractivity contribution is 0.246. The van der Waals surface area contributed by atoms with Gasteiger partial charge in [0.1, 0.15) is 0 Å². The van der Waals surface area contributed by atoms with Gasteiger partial charge in [-0.25, -0.2) is 0 Å². The van der Waals surface area contributed by atoms with Crippen molar-refractivity contribution in [3.63, 3.8) is 0 Å². The van der Waals surface area contributed by atoms with Crippen LogP contribution in [0.3, 0.4) is 0 Å². The molecule has 1 nitrogen and oxygen atoms in total. The third kappa shape index (κ3) is 3.45. The summed E-state index contributed by atoms with van der Waals surface area (Å²) in [6, 6.07) is 20.2. The summed E-state index contributed by atoms with van der Waals surface area (Å²) in [5.41, 5.74) is 3.14. The van der Waals surface area contributed by atoms with Crippen LogP contribution in [0, 0.1) is 0 Å². The quantitative estimate of drug-likeness (QED) is 0.722. The van der Waals surface area contributed by atoms with Crippen molar-refractivity contribution in [2.45, 2.75) is 48.6 Å². The maximum absolute atomic E-state index is 4.08. The molecular weight excluding hydrogens is 322 g/mol. The number of fused-ring (bicyclic) bond motifs is 1. The largest absolute Gasteiger partial charge is 0.300 e. The second-order valence-electron chi connectivity index (χ2n) is 6.66. The zero-order valence-electron chi connectivity index (χ0n) is 13.3. The van der Waals surface area contributed by atoms with E-state index in [1.165, 1.54) is 53.9 Å². The van der Waals surface area contributed by atoms with E-state index in [9.17, 15) is 0 Å². The molecule has 1 fully saturated rings. The number of benzene rings is 2. The van der Waals surface area contributed by atoms with Gasteiger partial charge in [0.25, 0.3) is 0 Å². The number of hydrogen-bond donors (Lipinski definition) is 1. The van der Waals surface area contributed by atoms with Crippen LogP contribution in [0.1, 0.15) is 49.3 Å².